The summed E-state index contributed by atoms with van der Waals surface area (Å²) in [6.07, 6.45) is 0. The van der Waals surface area contributed by atoms with Crippen molar-refractivity contribution in [3.05, 3.63) is 0 Å². The summed E-state index contributed by atoms with van der Waals surface area (Å²) in [5, 5.41) is 0. The zero-order chi connectivity index (χ0) is 13.5. The van der Waals surface area contributed by atoms with Crippen LogP contribution in [0.2, 0.25) is 0 Å². The maximum absolute atomic E-state index is 8.77. The van der Waals surface area contributed by atoms with Crippen molar-refractivity contribution >= 4 is 40.8 Å². The Morgan fingerprint density at radius 3 is 0.526 bits per heavy atom. The van der Waals surface area contributed by atoms with Crippen LogP contribution in [0.25, 0.3) is 0 Å². The van der Waals surface area contributed by atoms with E-state index in [1.54, 1.807) is 0 Å². The molecule has 0 aliphatic carbocycles. The normalized spacial score (nSPS) is 9.32. The predicted octanol–water partition coefficient (Wildman–Crippen LogP) is -7.54. The van der Waals surface area contributed by atoms with E-state index in [1.165, 1.54) is 0 Å². The monoisotopic (exact) mass is 372 g/mol. The van der Waals surface area contributed by atoms with Gasteiger partial charge in [0.05, 0.1) is 0 Å². The fourth-order valence-electron chi connectivity index (χ4n) is 0. The molecule has 120 valence electrons. The minimum atomic E-state index is -4.89. The van der Waals surface area contributed by atoms with Gasteiger partial charge < -0.3 is 60.5 Å². The molecule has 19 heteroatoms. The standard InChI is InChI=1S/Al.3H3O4P.3H2O/c;3*1-5(2,3)4;;;/h;3*(H3,1,2,3,4);3*1H2/q+3;;;;;;/p-3. The fraction of sp³-hybridized carbons (Fsp3) is 0. The van der Waals surface area contributed by atoms with E-state index in [0.29, 0.717) is 0 Å². The first-order chi connectivity index (χ1) is 6.00. The van der Waals surface area contributed by atoms with Crippen LogP contribution >= 0.6 is 23.5 Å². The molecule has 0 aliphatic rings. The third-order valence-electron chi connectivity index (χ3n) is 0. The van der Waals surface area contributed by atoms with Crippen LogP contribution in [0.15, 0.2) is 0 Å². The Labute approximate surface area is 115 Å². The first kappa shape index (κ1) is 42.7. The zero-order valence-corrected chi connectivity index (χ0v) is 12.4. The third kappa shape index (κ3) is 9530. The van der Waals surface area contributed by atoms with Crippen molar-refractivity contribution in [2.75, 3.05) is 0 Å². The molecule has 0 aromatic carbocycles. The first-order valence-corrected chi connectivity index (χ1v) is 6.89. The molecule has 0 saturated carbocycles. The Balaban J connectivity index is -0.0000000206. The van der Waals surface area contributed by atoms with Crippen LogP contribution in [0.1, 0.15) is 0 Å². The molecule has 0 atom stereocenters. The molecule has 0 heterocycles. The number of hydrogen-bond donors (Lipinski definition) is 6. The molecule has 0 aromatic heterocycles. The molecular weight excluding hydrogens is 360 g/mol. The van der Waals surface area contributed by atoms with Gasteiger partial charge in [-0.15, -0.1) is 0 Å². The average Bonchev–Trinajstić information content (AvgIpc) is 1.41. The second kappa shape index (κ2) is 16.8. The van der Waals surface area contributed by atoms with Crippen LogP contribution in [-0.2, 0) is 13.7 Å². The smallest absolute Gasteiger partial charge is 0.756 e. The van der Waals surface area contributed by atoms with Crippen LogP contribution < -0.4 is 14.7 Å². The van der Waals surface area contributed by atoms with Crippen molar-refractivity contribution in [3.63, 3.8) is 0 Å². The van der Waals surface area contributed by atoms with Gasteiger partial charge in [0.25, 0.3) is 23.5 Å². The average molecular weight is 372 g/mol. The minimum Gasteiger partial charge on any atom is -0.756 e. The molecule has 0 unspecified atom stereocenters. The Morgan fingerprint density at radius 2 is 0.526 bits per heavy atom. The van der Waals surface area contributed by atoms with Gasteiger partial charge in [-0.2, -0.15) is 0 Å². The van der Waals surface area contributed by atoms with Gasteiger partial charge in [-0.1, -0.05) is 0 Å². The Kier molecular flexibility index (Phi) is 37.8. The summed E-state index contributed by atoms with van der Waals surface area (Å²) in [6, 6.07) is 0. The molecule has 0 saturated heterocycles. The molecule has 0 spiro atoms. The molecule has 0 fully saturated rings. The van der Waals surface area contributed by atoms with E-state index in [-0.39, 0.29) is 33.8 Å². The van der Waals surface area contributed by atoms with E-state index < -0.39 is 23.5 Å². The van der Waals surface area contributed by atoms with Gasteiger partial charge in [0.2, 0.25) is 0 Å². The Morgan fingerprint density at radius 1 is 0.526 bits per heavy atom. The number of hydrogen-bond acceptors (Lipinski definition) is 6. The van der Waals surface area contributed by atoms with E-state index in [1.807, 2.05) is 0 Å². The Bertz CT molecular complexity index is 203. The maximum atomic E-state index is 8.77. The van der Waals surface area contributed by atoms with Crippen LogP contribution in [0.4, 0.5) is 0 Å². The van der Waals surface area contributed by atoms with Gasteiger partial charge in [-0.25, -0.2) is 0 Å². The first-order valence-electron chi connectivity index (χ1n) is 2.30. The maximum Gasteiger partial charge on any atom is 3.00 e. The van der Waals surface area contributed by atoms with Gasteiger partial charge >= 0.3 is 17.4 Å². The summed E-state index contributed by atoms with van der Waals surface area (Å²) in [4.78, 5) is 68.8. The van der Waals surface area contributed by atoms with Gasteiger partial charge in [-0.3, -0.25) is 13.7 Å². The Hall–Kier alpha value is 0.742. The van der Waals surface area contributed by atoms with Gasteiger partial charge in [0.15, 0.2) is 0 Å². The topological polar surface area (TPSA) is 336 Å². The molecule has 0 rings (SSSR count). The van der Waals surface area contributed by atoms with Crippen molar-refractivity contribution in [2.24, 2.45) is 0 Å². The van der Waals surface area contributed by atoms with Crippen molar-refractivity contribution in [3.8, 4) is 0 Å². The van der Waals surface area contributed by atoms with Crippen LogP contribution in [-0.4, -0.2) is 63.2 Å². The van der Waals surface area contributed by atoms with Crippen LogP contribution in [0.3, 0.4) is 0 Å². The van der Waals surface area contributed by atoms with Crippen molar-refractivity contribution in [1.29, 1.82) is 0 Å². The summed E-state index contributed by atoms with van der Waals surface area (Å²) < 4.78 is 26.3. The van der Waals surface area contributed by atoms with E-state index in [4.69, 9.17) is 57.7 Å². The molecule has 0 amide bonds. The minimum absolute atomic E-state index is 0. The summed E-state index contributed by atoms with van der Waals surface area (Å²) >= 11 is 0. The molecule has 0 bridgehead atoms. The summed E-state index contributed by atoms with van der Waals surface area (Å²) in [6.45, 7) is 0. The zero-order valence-electron chi connectivity index (χ0n) is 8.55. The summed E-state index contributed by atoms with van der Waals surface area (Å²) in [5.41, 5.74) is 0. The molecule has 0 aliphatic heterocycles. The van der Waals surface area contributed by atoms with Crippen LogP contribution in [0, 0.1) is 0 Å². The van der Waals surface area contributed by atoms with Crippen LogP contribution in [0.5, 0.6) is 0 Å². The van der Waals surface area contributed by atoms with Crippen molar-refractivity contribution in [2.45, 2.75) is 0 Å². The van der Waals surface area contributed by atoms with E-state index in [0.717, 1.165) is 0 Å². The van der Waals surface area contributed by atoms with E-state index in [2.05, 4.69) is 0 Å². The summed E-state index contributed by atoms with van der Waals surface area (Å²) in [5.74, 6) is 0. The third-order valence-corrected chi connectivity index (χ3v) is 0. The van der Waals surface area contributed by atoms with Gasteiger partial charge in [-0.05, 0) is 0 Å². The van der Waals surface area contributed by atoms with Crippen molar-refractivity contribution < 1.29 is 74.2 Å². The number of rotatable bonds is 0. The van der Waals surface area contributed by atoms with Gasteiger partial charge in [0.1, 0.15) is 0 Å². The number of phosphoric acid groups is 3. The van der Waals surface area contributed by atoms with Crippen molar-refractivity contribution in [1.82, 2.24) is 0 Å². The summed E-state index contributed by atoms with van der Waals surface area (Å²) in [7, 11) is -14.7. The molecule has 0 radical (unpaired) electrons. The quantitative estimate of drug-likeness (QED) is 0.170. The largest absolute Gasteiger partial charge is 3.00 e. The predicted molar refractivity (Wildman–Crippen MR) is 52.7 cm³/mol. The van der Waals surface area contributed by atoms with E-state index >= 15 is 0 Å². The molecule has 15 nitrogen and oxygen atoms in total. The molecular formula is H12AlO15P3. The molecule has 0 aromatic rings. The van der Waals surface area contributed by atoms with E-state index in [9.17, 15) is 0 Å². The second-order valence-corrected chi connectivity index (χ2v) is 4.42. The SMILES string of the molecule is O.O.O.O=P([O-])(O)O.O=P([O-])(O)O.O=P([O-])(O)O.[Al+3]. The molecule has 12 N–H and O–H groups in total. The van der Waals surface area contributed by atoms with Gasteiger partial charge in [0, 0.05) is 0 Å². The second-order valence-electron chi connectivity index (χ2n) is 1.47. The molecule has 19 heavy (non-hydrogen) atoms. The fourth-order valence-corrected chi connectivity index (χ4v) is 0.